The van der Waals surface area contributed by atoms with Crippen LogP contribution in [-0.4, -0.2) is 58.9 Å². The Labute approximate surface area is 211 Å². The second kappa shape index (κ2) is 8.75. The lowest BCUT2D eigenvalue weighted by Crippen LogP contribution is -2.63. The highest BCUT2D eigenvalue weighted by Gasteiger charge is 2.48. The van der Waals surface area contributed by atoms with Crippen molar-refractivity contribution in [2.45, 2.75) is 57.6 Å². The summed E-state index contributed by atoms with van der Waals surface area (Å²) in [7, 11) is 6.35. The number of likely N-dealkylation sites (tertiary alicyclic amines) is 1. The van der Waals surface area contributed by atoms with Crippen LogP contribution in [0.1, 0.15) is 66.3 Å². The number of carbonyl (C=O) groups excluding carboxylic acids is 3. The first kappa shape index (κ1) is 24.0. The lowest BCUT2D eigenvalue weighted by Gasteiger charge is -2.44. The van der Waals surface area contributed by atoms with Gasteiger partial charge < -0.3 is 4.90 Å². The summed E-state index contributed by atoms with van der Waals surface area (Å²) in [5, 5.41) is 3.01. The number of fused-ring (bicyclic) bond motifs is 1. The molecule has 3 aliphatic rings. The van der Waals surface area contributed by atoms with Gasteiger partial charge in [0.25, 0.3) is 5.91 Å². The molecule has 0 aliphatic carbocycles. The van der Waals surface area contributed by atoms with Crippen LogP contribution in [0.15, 0.2) is 36.4 Å². The third-order valence-electron chi connectivity index (χ3n) is 7.63. The molecule has 2 aromatic rings. The first-order chi connectivity index (χ1) is 16.6. The molecule has 2 unspecified atom stereocenters. The Bertz CT molecular complexity index is 1200. The molecule has 1 aromatic heterocycles. The molecular weight excluding hydrogens is 463 g/mol. The van der Waals surface area contributed by atoms with Gasteiger partial charge in [-0.2, -0.15) is 0 Å². The van der Waals surface area contributed by atoms with Crippen molar-refractivity contribution in [3.63, 3.8) is 0 Å². The molecule has 2 atom stereocenters. The number of hydrogen-bond donors (Lipinski definition) is 1. The van der Waals surface area contributed by atoms with Gasteiger partial charge in [0.05, 0.1) is 23.2 Å². The van der Waals surface area contributed by atoms with Crippen LogP contribution in [0.3, 0.4) is 0 Å². The van der Waals surface area contributed by atoms with E-state index in [1.807, 2.05) is 24.3 Å². The largest absolute Gasteiger partial charge is 0.327 e. The molecular formula is C26H28BClN4O3. The van der Waals surface area contributed by atoms with Crippen molar-refractivity contribution in [3.05, 3.63) is 63.9 Å². The van der Waals surface area contributed by atoms with Gasteiger partial charge >= 0.3 is 0 Å². The summed E-state index contributed by atoms with van der Waals surface area (Å²) in [6.45, 7) is 7.42. The molecule has 4 heterocycles. The number of nitrogens with one attached hydrogen (secondary N) is 1. The lowest BCUT2D eigenvalue weighted by atomic mass is 9.70. The number of amides is 3. The van der Waals surface area contributed by atoms with Gasteiger partial charge in [-0.25, -0.2) is 0 Å². The van der Waals surface area contributed by atoms with Crippen LogP contribution in [0.5, 0.6) is 0 Å². The number of piperidine rings is 2. The first-order valence-electron chi connectivity index (χ1n) is 12.0. The zero-order chi connectivity index (χ0) is 25.0. The maximum absolute atomic E-state index is 13.1. The van der Waals surface area contributed by atoms with E-state index in [1.54, 1.807) is 0 Å². The van der Waals surface area contributed by atoms with Gasteiger partial charge in [0, 0.05) is 36.1 Å². The van der Waals surface area contributed by atoms with E-state index < -0.39 is 11.3 Å². The predicted octanol–water partition coefficient (Wildman–Crippen LogP) is 3.01. The van der Waals surface area contributed by atoms with E-state index in [1.165, 1.54) is 10.5 Å². The normalized spacial score (nSPS) is 26.5. The minimum absolute atomic E-state index is 0.0209. The Morgan fingerprint density at radius 3 is 2.57 bits per heavy atom. The molecule has 2 fully saturated rings. The monoisotopic (exact) mass is 490 g/mol. The molecule has 0 spiro atoms. The summed E-state index contributed by atoms with van der Waals surface area (Å²) in [5.41, 5.74) is 1.75. The standard InChI is InChI=1S/C26H28BClN4O3/c1-25(2)15-31(13-16-3-5-17(28)6-4-16)12-10-19(25)20-8-7-18-21(29-20)14-32(23(18)34)26(27)11-9-22(33)30-24(26)35/h3-8,19H,9-15H2,1-2H3,(H,30,33,35). The lowest BCUT2D eigenvalue weighted by molar-refractivity contribution is -0.138. The predicted molar refractivity (Wildman–Crippen MR) is 133 cm³/mol. The van der Waals surface area contributed by atoms with Crippen molar-refractivity contribution >= 4 is 37.2 Å². The van der Waals surface area contributed by atoms with Crippen LogP contribution < -0.4 is 5.32 Å². The van der Waals surface area contributed by atoms with Crippen molar-refractivity contribution < 1.29 is 14.4 Å². The highest BCUT2D eigenvalue weighted by atomic mass is 35.5. The molecule has 3 aliphatic heterocycles. The second-order valence-electron chi connectivity index (χ2n) is 10.6. The Hall–Kier alpha value is -2.71. The molecule has 0 saturated carbocycles. The van der Waals surface area contributed by atoms with Gasteiger partial charge in [0.1, 0.15) is 7.85 Å². The van der Waals surface area contributed by atoms with Crippen LogP contribution >= 0.6 is 11.6 Å². The van der Waals surface area contributed by atoms with Crippen LogP contribution in [0, 0.1) is 5.41 Å². The number of carbonyl (C=O) groups is 3. The zero-order valence-electron chi connectivity index (χ0n) is 20.0. The molecule has 7 nitrogen and oxygen atoms in total. The molecule has 180 valence electrons. The number of aromatic nitrogens is 1. The molecule has 35 heavy (non-hydrogen) atoms. The Morgan fingerprint density at radius 1 is 1.14 bits per heavy atom. The Morgan fingerprint density at radius 2 is 1.89 bits per heavy atom. The maximum Gasteiger partial charge on any atom is 0.256 e. The van der Waals surface area contributed by atoms with Gasteiger partial charge in [-0.05, 0) is 54.6 Å². The summed E-state index contributed by atoms with van der Waals surface area (Å²) in [6.07, 6.45) is 1.16. The third kappa shape index (κ3) is 4.38. The Balaban J connectivity index is 1.32. The number of hydrogen-bond acceptors (Lipinski definition) is 5. The van der Waals surface area contributed by atoms with Crippen LogP contribution in [0.25, 0.3) is 0 Å². The summed E-state index contributed by atoms with van der Waals surface area (Å²) in [4.78, 5) is 45.9. The Kier molecular flexibility index (Phi) is 6.00. The van der Waals surface area contributed by atoms with E-state index in [-0.39, 0.29) is 42.5 Å². The van der Waals surface area contributed by atoms with Gasteiger partial charge in [-0.15, -0.1) is 0 Å². The summed E-state index contributed by atoms with van der Waals surface area (Å²) >= 11 is 6.02. The fraction of sp³-hybridized carbons (Fsp3) is 0.462. The highest BCUT2D eigenvalue weighted by Crippen LogP contribution is 2.43. The third-order valence-corrected chi connectivity index (χ3v) is 7.88. The quantitative estimate of drug-likeness (QED) is 0.526. The van der Waals surface area contributed by atoms with Crippen LogP contribution in [0.4, 0.5) is 0 Å². The molecule has 0 bridgehead atoms. The summed E-state index contributed by atoms with van der Waals surface area (Å²) < 4.78 is 0. The number of imide groups is 1. The van der Waals surface area contributed by atoms with E-state index in [9.17, 15) is 14.4 Å². The number of halogens is 1. The molecule has 1 aromatic carbocycles. The number of pyridine rings is 1. The van der Waals surface area contributed by atoms with Gasteiger partial charge in [0.15, 0.2) is 0 Å². The van der Waals surface area contributed by atoms with E-state index in [2.05, 4.69) is 36.2 Å². The average Bonchev–Trinajstić information content (AvgIpc) is 3.14. The van der Waals surface area contributed by atoms with Crippen molar-refractivity contribution in [3.8, 4) is 0 Å². The number of rotatable bonds is 4. The van der Waals surface area contributed by atoms with Crippen molar-refractivity contribution in [2.75, 3.05) is 13.1 Å². The van der Waals surface area contributed by atoms with Crippen molar-refractivity contribution in [2.24, 2.45) is 5.41 Å². The topological polar surface area (TPSA) is 82.6 Å². The second-order valence-corrected chi connectivity index (χ2v) is 11.0. The SMILES string of the molecule is [B]C1(N2Cc3nc(C4CCN(Cc5ccc(Cl)cc5)CC4(C)C)ccc3C2=O)CCC(=O)NC1=O. The minimum Gasteiger partial charge on any atom is -0.327 e. The van der Waals surface area contributed by atoms with E-state index >= 15 is 0 Å². The van der Waals surface area contributed by atoms with E-state index in [0.29, 0.717) is 11.3 Å². The molecule has 1 N–H and O–H groups in total. The molecule has 2 radical (unpaired) electrons. The van der Waals surface area contributed by atoms with E-state index in [0.717, 1.165) is 36.8 Å². The molecule has 5 rings (SSSR count). The summed E-state index contributed by atoms with van der Waals surface area (Å²) in [5.74, 6) is -1.08. The fourth-order valence-corrected chi connectivity index (χ4v) is 5.81. The molecule has 3 amide bonds. The van der Waals surface area contributed by atoms with Gasteiger partial charge in [-0.1, -0.05) is 37.6 Å². The van der Waals surface area contributed by atoms with Crippen LogP contribution in [0.2, 0.25) is 5.02 Å². The van der Waals surface area contributed by atoms with Crippen molar-refractivity contribution in [1.82, 2.24) is 20.1 Å². The number of nitrogens with zero attached hydrogens (tertiary/aromatic N) is 3. The van der Waals surface area contributed by atoms with Crippen molar-refractivity contribution in [1.29, 1.82) is 0 Å². The minimum atomic E-state index is -1.54. The average molecular weight is 491 g/mol. The molecule has 9 heteroatoms. The maximum atomic E-state index is 13.1. The summed E-state index contributed by atoms with van der Waals surface area (Å²) in [6, 6.07) is 11.7. The van der Waals surface area contributed by atoms with Gasteiger partial charge in [-0.3, -0.25) is 29.6 Å². The van der Waals surface area contributed by atoms with Crippen LogP contribution in [-0.2, 0) is 22.7 Å². The van der Waals surface area contributed by atoms with Gasteiger partial charge in [0.2, 0.25) is 11.8 Å². The molecule has 2 saturated heterocycles. The zero-order valence-corrected chi connectivity index (χ0v) is 20.8. The van der Waals surface area contributed by atoms with E-state index in [4.69, 9.17) is 24.4 Å². The smallest absolute Gasteiger partial charge is 0.256 e. The highest BCUT2D eigenvalue weighted by molar-refractivity contribution is 6.32. The fourth-order valence-electron chi connectivity index (χ4n) is 5.69. The number of benzene rings is 1. The first-order valence-corrected chi connectivity index (χ1v) is 12.4.